The lowest BCUT2D eigenvalue weighted by molar-refractivity contribution is -0.139. The molecule has 0 aliphatic carbocycles. The van der Waals surface area contributed by atoms with Crippen LogP contribution in [0.3, 0.4) is 0 Å². The molecule has 0 spiro atoms. The van der Waals surface area contributed by atoms with Crippen LogP contribution < -0.4 is 4.74 Å². The fraction of sp³-hybridized carbons (Fsp3) is 0.143. The third-order valence-corrected chi connectivity index (χ3v) is 3.50. The standard InChI is InChI=1S/C14H9BrF4O/c15-13-9(4-3-6-11(13)16)8-20-12-7-2-1-5-10(12)14(17,18)19/h1-7H,8H2. The summed E-state index contributed by atoms with van der Waals surface area (Å²) in [4.78, 5) is 0. The molecule has 0 bridgehead atoms. The molecule has 0 radical (unpaired) electrons. The Balaban J connectivity index is 2.22. The molecule has 0 N–H and O–H groups in total. The molecule has 0 unspecified atom stereocenters. The Labute approximate surface area is 121 Å². The van der Waals surface area contributed by atoms with Crippen LogP contribution in [-0.2, 0) is 12.8 Å². The molecule has 106 valence electrons. The number of ether oxygens (including phenoxy) is 1. The van der Waals surface area contributed by atoms with Gasteiger partial charge in [-0.15, -0.1) is 0 Å². The molecule has 2 aromatic rings. The lowest BCUT2D eigenvalue weighted by Gasteiger charge is -2.14. The fourth-order valence-electron chi connectivity index (χ4n) is 1.64. The minimum Gasteiger partial charge on any atom is -0.488 e. The van der Waals surface area contributed by atoms with Gasteiger partial charge in [-0.25, -0.2) is 4.39 Å². The third kappa shape index (κ3) is 3.30. The van der Waals surface area contributed by atoms with Gasteiger partial charge < -0.3 is 4.74 Å². The summed E-state index contributed by atoms with van der Waals surface area (Å²) in [7, 11) is 0. The lowest BCUT2D eigenvalue weighted by Crippen LogP contribution is -2.08. The number of para-hydroxylation sites is 1. The summed E-state index contributed by atoms with van der Waals surface area (Å²) >= 11 is 3.03. The molecular weight excluding hydrogens is 340 g/mol. The first kappa shape index (κ1) is 14.8. The maximum Gasteiger partial charge on any atom is 0.419 e. The molecule has 2 rings (SSSR count). The summed E-state index contributed by atoms with van der Waals surface area (Å²) in [5.74, 6) is -0.772. The molecule has 2 aromatic carbocycles. The van der Waals surface area contributed by atoms with Crippen molar-refractivity contribution in [2.45, 2.75) is 12.8 Å². The molecule has 0 aliphatic rings. The summed E-state index contributed by atoms with van der Waals surface area (Å²) < 4.78 is 56.9. The second-order valence-electron chi connectivity index (χ2n) is 4.00. The number of hydrogen-bond donors (Lipinski definition) is 0. The van der Waals surface area contributed by atoms with Gasteiger partial charge in [-0.2, -0.15) is 13.2 Å². The normalized spacial score (nSPS) is 11.4. The lowest BCUT2D eigenvalue weighted by atomic mass is 10.2. The van der Waals surface area contributed by atoms with Crippen molar-refractivity contribution in [3.05, 3.63) is 63.9 Å². The number of alkyl halides is 3. The van der Waals surface area contributed by atoms with E-state index in [1.807, 2.05) is 0 Å². The van der Waals surface area contributed by atoms with E-state index >= 15 is 0 Å². The fourth-order valence-corrected chi connectivity index (χ4v) is 2.02. The van der Waals surface area contributed by atoms with Crippen LogP contribution in [0.4, 0.5) is 17.6 Å². The van der Waals surface area contributed by atoms with Gasteiger partial charge in [0.2, 0.25) is 0 Å². The van der Waals surface area contributed by atoms with E-state index in [2.05, 4.69) is 15.9 Å². The summed E-state index contributed by atoms with van der Waals surface area (Å²) in [6.45, 7) is -0.161. The third-order valence-electron chi connectivity index (χ3n) is 2.61. The van der Waals surface area contributed by atoms with Crippen molar-refractivity contribution in [3.63, 3.8) is 0 Å². The van der Waals surface area contributed by atoms with Crippen molar-refractivity contribution in [1.82, 2.24) is 0 Å². The van der Waals surface area contributed by atoms with Gasteiger partial charge in [-0.1, -0.05) is 24.3 Å². The molecule has 1 nitrogen and oxygen atoms in total. The van der Waals surface area contributed by atoms with Crippen LogP contribution in [0.15, 0.2) is 46.9 Å². The smallest absolute Gasteiger partial charge is 0.419 e. The summed E-state index contributed by atoms with van der Waals surface area (Å²) in [6.07, 6.45) is -4.49. The van der Waals surface area contributed by atoms with E-state index < -0.39 is 17.6 Å². The predicted octanol–water partition coefficient (Wildman–Crippen LogP) is 5.19. The van der Waals surface area contributed by atoms with E-state index in [1.165, 1.54) is 30.3 Å². The first-order valence-corrected chi connectivity index (χ1v) is 6.41. The Morgan fingerprint density at radius 3 is 2.40 bits per heavy atom. The Kier molecular flexibility index (Phi) is 4.32. The molecule has 20 heavy (non-hydrogen) atoms. The van der Waals surface area contributed by atoms with E-state index in [-0.39, 0.29) is 16.8 Å². The monoisotopic (exact) mass is 348 g/mol. The average Bonchev–Trinajstić information content (AvgIpc) is 2.40. The number of rotatable bonds is 3. The van der Waals surface area contributed by atoms with Gasteiger partial charge >= 0.3 is 6.18 Å². The van der Waals surface area contributed by atoms with Crippen molar-refractivity contribution in [2.75, 3.05) is 0 Å². The van der Waals surface area contributed by atoms with Crippen LogP contribution >= 0.6 is 15.9 Å². The molecule has 0 saturated heterocycles. The molecule has 0 amide bonds. The van der Waals surface area contributed by atoms with Crippen molar-refractivity contribution in [2.24, 2.45) is 0 Å². The van der Waals surface area contributed by atoms with Gasteiger partial charge in [-0.3, -0.25) is 0 Å². The Morgan fingerprint density at radius 1 is 1.00 bits per heavy atom. The van der Waals surface area contributed by atoms with Crippen LogP contribution in [0.5, 0.6) is 5.75 Å². The minimum atomic E-state index is -4.49. The molecule has 0 aliphatic heterocycles. The van der Waals surface area contributed by atoms with Gasteiger partial charge in [0.05, 0.1) is 10.0 Å². The van der Waals surface area contributed by atoms with Crippen molar-refractivity contribution in [3.8, 4) is 5.75 Å². The van der Waals surface area contributed by atoms with E-state index in [0.29, 0.717) is 5.56 Å². The number of benzene rings is 2. The minimum absolute atomic E-state index is 0.161. The van der Waals surface area contributed by atoms with Crippen LogP contribution in [0, 0.1) is 5.82 Å². The second-order valence-corrected chi connectivity index (χ2v) is 4.79. The molecule has 0 atom stereocenters. The van der Waals surface area contributed by atoms with Gasteiger partial charge in [0, 0.05) is 5.56 Å². The number of hydrogen-bond acceptors (Lipinski definition) is 1. The zero-order valence-corrected chi connectivity index (χ0v) is 11.6. The Bertz CT molecular complexity index is 610. The summed E-state index contributed by atoms with van der Waals surface area (Å²) in [6, 6.07) is 9.19. The van der Waals surface area contributed by atoms with Gasteiger partial charge in [0.1, 0.15) is 18.2 Å². The summed E-state index contributed by atoms with van der Waals surface area (Å²) in [5, 5.41) is 0. The van der Waals surface area contributed by atoms with Gasteiger partial charge in [-0.05, 0) is 34.1 Å². The molecule has 6 heteroatoms. The van der Waals surface area contributed by atoms with E-state index in [1.54, 1.807) is 6.07 Å². The maximum atomic E-state index is 13.3. The highest BCUT2D eigenvalue weighted by Crippen LogP contribution is 2.36. The average molecular weight is 349 g/mol. The number of halogens is 5. The van der Waals surface area contributed by atoms with Crippen LogP contribution in [0.1, 0.15) is 11.1 Å². The molecule has 0 saturated carbocycles. The Morgan fingerprint density at radius 2 is 1.70 bits per heavy atom. The zero-order chi connectivity index (χ0) is 14.8. The topological polar surface area (TPSA) is 9.23 Å². The highest BCUT2D eigenvalue weighted by Gasteiger charge is 2.34. The zero-order valence-electron chi connectivity index (χ0n) is 10.0. The molecule has 0 aromatic heterocycles. The van der Waals surface area contributed by atoms with E-state index in [0.717, 1.165) is 6.07 Å². The van der Waals surface area contributed by atoms with Crippen molar-refractivity contribution >= 4 is 15.9 Å². The van der Waals surface area contributed by atoms with E-state index in [9.17, 15) is 17.6 Å². The Hall–Kier alpha value is -1.56. The first-order chi connectivity index (χ1) is 9.39. The van der Waals surface area contributed by atoms with Crippen LogP contribution in [-0.4, -0.2) is 0 Å². The van der Waals surface area contributed by atoms with Gasteiger partial charge in [0.15, 0.2) is 0 Å². The second kappa shape index (κ2) is 5.83. The van der Waals surface area contributed by atoms with Gasteiger partial charge in [0.25, 0.3) is 0 Å². The molecule has 0 fully saturated rings. The predicted molar refractivity (Wildman–Crippen MR) is 69.9 cm³/mol. The largest absolute Gasteiger partial charge is 0.488 e. The van der Waals surface area contributed by atoms with E-state index in [4.69, 9.17) is 4.74 Å². The maximum absolute atomic E-state index is 13.3. The van der Waals surface area contributed by atoms with Crippen molar-refractivity contribution in [1.29, 1.82) is 0 Å². The highest BCUT2D eigenvalue weighted by atomic mass is 79.9. The molecular formula is C14H9BrF4O. The van der Waals surface area contributed by atoms with Crippen molar-refractivity contribution < 1.29 is 22.3 Å². The first-order valence-electron chi connectivity index (χ1n) is 5.61. The highest BCUT2D eigenvalue weighted by molar-refractivity contribution is 9.10. The quantitative estimate of drug-likeness (QED) is 0.694. The SMILES string of the molecule is Fc1cccc(COc2ccccc2C(F)(F)F)c1Br. The molecule has 0 heterocycles. The summed E-state index contributed by atoms with van der Waals surface area (Å²) in [5.41, 5.74) is -0.422. The van der Waals surface area contributed by atoms with Crippen LogP contribution in [0.25, 0.3) is 0 Å². The van der Waals surface area contributed by atoms with Crippen LogP contribution in [0.2, 0.25) is 0 Å².